The minimum absolute atomic E-state index is 0.0232. The second-order valence-corrected chi connectivity index (χ2v) is 9.96. The molecular weight excluding hydrogens is 408 g/mol. The number of amides is 1. The quantitative estimate of drug-likeness (QED) is 0.759. The van der Waals surface area contributed by atoms with E-state index in [1.165, 1.54) is 17.8 Å². The Kier molecular flexibility index (Phi) is 4.59. The maximum Gasteiger partial charge on any atom is 0.283 e. The first-order valence-corrected chi connectivity index (χ1v) is 11.4. The summed E-state index contributed by atoms with van der Waals surface area (Å²) in [7, 11) is 0.543. The number of thioether (sulfide) groups is 1. The summed E-state index contributed by atoms with van der Waals surface area (Å²) in [6.07, 6.45) is 2.80. The van der Waals surface area contributed by atoms with Gasteiger partial charge < -0.3 is 4.90 Å². The van der Waals surface area contributed by atoms with Crippen LogP contribution in [0.2, 0.25) is 0 Å². The lowest BCUT2D eigenvalue weighted by Gasteiger charge is -2.24. The monoisotopic (exact) mass is 426 g/mol. The molecule has 2 aromatic rings. The molecular formula is C20H18N4O3S2. The van der Waals surface area contributed by atoms with Gasteiger partial charge >= 0.3 is 0 Å². The smallest absolute Gasteiger partial charge is 0.283 e. The van der Waals surface area contributed by atoms with Gasteiger partial charge in [0.05, 0.1) is 16.2 Å². The number of nitrogens with zero attached hydrogens (tertiary/aromatic N) is 3. The number of anilines is 2. The van der Waals surface area contributed by atoms with Crippen LogP contribution in [0.4, 0.5) is 11.4 Å². The molecule has 148 valence electrons. The van der Waals surface area contributed by atoms with Crippen molar-refractivity contribution in [1.82, 2.24) is 0 Å². The van der Waals surface area contributed by atoms with E-state index in [4.69, 9.17) is 5.41 Å². The van der Waals surface area contributed by atoms with Crippen LogP contribution in [0.3, 0.4) is 0 Å². The molecule has 29 heavy (non-hydrogen) atoms. The van der Waals surface area contributed by atoms with Crippen molar-refractivity contribution in [3.8, 4) is 0 Å². The lowest BCUT2D eigenvalue weighted by atomic mass is 10.1. The summed E-state index contributed by atoms with van der Waals surface area (Å²) in [6, 6.07) is 12.3. The van der Waals surface area contributed by atoms with E-state index in [2.05, 4.69) is 4.99 Å². The first-order chi connectivity index (χ1) is 13.6. The van der Waals surface area contributed by atoms with Gasteiger partial charge in [0.25, 0.3) is 5.91 Å². The Balaban J connectivity index is 1.72. The molecule has 1 amide bonds. The molecule has 2 aliphatic heterocycles. The number of benzene rings is 2. The molecule has 0 bridgehead atoms. The Morgan fingerprint density at radius 3 is 2.45 bits per heavy atom. The number of amidine groups is 2. The zero-order chi connectivity index (χ0) is 20.9. The fraction of sp³-hybridized carbons (Fsp3) is 0.150. The van der Waals surface area contributed by atoms with Gasteiger partial charge in [-0.05, 0) is 53.7 Å². The molecule has 1 N–H and O–H groups in total. The van der Waals surface area contributed by atoms with Crippen molar-refractivity contribution in [1.29, 1.82) is 5.41 Å². The third kappa shape index (κ3) is 3.47. The number of sulfone groups is 1. The second-order valence-electron chi connectivity index (χ2n) is 6.93. The summed E-state index contributed by atoms with van der Waals surface area (Å²) in [5.41, 5.74) is 2.66. The lowest BCUT2D eigenvalue weighted by molar-refractivity contribution is -0.113. The molecule has 0 unspecified atom stereocenters. The van der Waals surface area contributed by atoms with Crippen molar-refractivity contribution in [2.45, 2.75) is 9.79 Å². The van der Waals surface area contributed by atoms with Gasteiger partial charge in [0.2, 0.25) is 0 Å². The number of hydrogen-bond acceptors (Lipinski definition) is 6. The standard InChI is InChI=1S/C20H18N4O3S2/c1-23(2)13-6-4-12(5-7-13)10-15-18(21)24-16-9-8-14(29(3,26)27)11-17(16)28-20(24)22-19(15)25/h4-11,21H,1-3H3/b15-10+,21-18?. The van der Waals surface area contributed by atoms with E-state index in [-0.39, 0.29) is 16.3 Å². The molecule has 0 aliphatic carbocycles. The minimum atomic E-state index is -3.35. The molecule has 4 rings (SSSR count). The van der Waals surface area contributed by atoms with Crippen molar-refractivity contribution < 1.29 is 13.2 Å². The van der Waals surface area contributed by atoms with E-state index in [1.807, 2.05) is 43.3 Å². The van der Waals surface area contributed by atoms with Crippen molar-refractivity contribution in [3.05, 3.63) is 53.6 Å². The number of rotatable bonds is 3. The van der Waals surface area contributed by atoms with Gasteiger partial charge in [-0.2, -0.15) is 4.99 Å². The Bertz CT molecular complexity index is 1210. The zero-order valence-electron chi connectivity index (χ0n) is 16.0. The predicted octanol–water partition coefficient (Wildman–Crippen LogP) is 3.03. The summed E-state index contributed by atoms with van der Waals surface area (Å²) in [5, 5.41) is 8.95. The SMILES string of the molecule is CN(C)c1ccc(/C=C2\C(=N)N3C(=NC2=O)Sc2cc(S(C)(=O)=O)ccc23)cc1. The summed E-state index contributed by atoms with van der Waals surface area (Å²) >= 11 is 1.19. The van der Waals surface area contributed by atoms with E-state index >= 15 is 0 Å². The first-order valence-electron chi connectivity index (χ1n) is 8.68. The van der Waals surface area contributed by atoms with Crippen molar-refractivity contribution in [3.63, 3.8) is 0 Å². The van der Waals surface area contributed by atoms with Gasteiger partial charge in [0, 0.05) is 30.9 Å². The van der Waals surface area contributed by atoms with Crippen molar-refractivity contribution in [2.24, 2.45) is 4.99 Å². The molecule has 0 atom stereocenters. The summed E-state index contributed by atoms with van der Waals surface area (Å²) in [5.74, 6) is -0.461. The fourth-order valence-corrected chi connectivity index (χ4v) is 4.84. The Morgan fingerprint density at radius 2 is 1.83 bits per heavy atom. The molecule has 0 radical (unpaired) electrons. The summed E-state index contributed by atoms with van der Waals surface area (Å²) in [6.45, 7) is 0. The fourth-order valence-electron chi connectivity index (χ4n) is 3.06. The van der Waals surface area contributed by atoms with E-state index in [0.29, 0.717) is 15.8 Å². The molecule has 2 aromatic carbocycles. The number of aliphatic imine (C=N–C) groups is 1. The van der Waals surface area contributed by atoms with E-state index < -0.39 is 15.7 Å². The van der Waals surface area contributed by atoms with Gasteiger partial charge in [-0.3, -0.25) is 15.1 Å². The predicted molar refractivity (Wildman–Crippen MR) is 117 cm³/mol. The Morgan fingerprint density at radius 1 is 1.14 bits per heavy atom. The highest BCUT2D eigenvalue weighted by Gasteiger charge is 2.37. The number of hydrogen-bond donors (Lipinski definition) is 1. The average Bonchev–Trinajstić information content (AvgIpc) is 3.02. The van der Waals surface area contributed by atoms with E-state index in [9.17, 15) is 13.2 Å². The Labute approximate surface area is 173 Å². The van der Waals surface area contributed by atoms with Crippen LogP contribution < -0.4 is 9.80 Å². The maximum atomic E-state index is 12.6. The van der Waals surface area contributed by atoms with E-state index in [0.717, 1.165) is 17.5 Å². The molecule has 0 fully saturated rings. The van der Waals surface area contributed by atoms with Crippen molar-refractivity contribution >= 4 is 56.0 Å². The van der Waals surface area contributed by atoms with Gasteiger partial charge in [-0.1, -0.05) is 12.1 Å². The van der Waals surface area contributed by atoms with Gasteiger partial charge in [0.1, 0.15) is 5.84 Å². The summed E-state index contributed by atoms with van der Waals surface area (Å²) in [4.78, 5) is 21.1. The molecule has 2 aliphatic rings. The highest BCUT2D eigenvalue weighted by Crippen LogP contribution is 2.44. The van der Waals surface area contributed by atoms with Crippen LogP contribution in [0.5, 0.6) is 0 Å². The number of fused-ring (bicyclic) bond motifs is 3. The van der Waals surface area contributed by atoms with Crippen LogP contribution in [0, 0.1) is 5.41 Å². The van der Waals surface area contributed by atoms with Crippen LogP contribution in [0.1, 0.15) is 5.56 Å². The normalized spacial score (nSPS) is 17.3. The van der Waals surface area contributed by atoms with Crippen molar-refractivity contribution in [2.75, 3.05) is 30.2 Å². The molecule has 0 spiro atoms. The van der Waals surface area contributed by atoms with Crippen LogP contribution in [0.15, 0.2) is 62.8 Å². The van der Waals surface area contributed by atoms with E-state index in [1.54, 1.807) is 23.1 Å². The van der Waals surface area contributed by atoms with Crippen LogP contribution >= 0.6 is 11.8 Å². The molecule has 0 saturated carbocycles. The van der Waals surface area contributed by atoms with Gasteiger partial charge in [-0.15, -0.1) is 0 Å². The molecule has 7 nitrogen and oxygen atoms in total. The zero-order valence-corrected chi connectivity index (χ0v) is 17.6. The third-order valence-electron chi connectivity index (χ3n) is 4.62. The molecule has 9 heteroatoms. The number of nitrogens with one attached hydrogen (secondary N) is 1. The minimum Gasteiger partial charge on any atom is -0.378 e. The van der Waals surface area contributed by atoms with Gasteiger partial charge in [0.15, 0.2) is 15.0 Å². The first kappa shape index (κ1) is 19.4. The number of carbonyl (C=O) groups is 1. The average molecular weight is 427 g/mol. The van der Waals surface area contributed by atoms with Crippen LogP contribution in [-0.2, 0) is 14.6 Å². The molecule has 2 heterocycles. The topological polar surface area (TPSA) is 93.9 Å². The third-order valence-corrected chi connectivity index (χ3v) is 6.73. The lowest BCUT2D eigenvalue weighted by Crippen LogP contribution is -2.39. The Hall–Kier alpha value is -2.91. The molecule has 0 aromatic heterocycles. The number of carbonyl (C=O) groups excluding carboxylic acids is 1. The van der Waals surface area contributed by atoms with Crippen LogP contribution in [-0.4, -0.2) is 45.7 Å². The van der Waals surface area contributed by atoms with Gasteiger partial charge in [-0.25, -0.2) is 8.42 Å². The summed E-state index contributed by atoms with van der Waals surface area (Å²) < 4.78 is 23.6. The highest BCUT2D eigenvalue weighted by atomic mass is 32.2. The molecule has 0 saturated heterocycles. The maximum absolute atomic E-state index is 12.6. The highest BCUT2D eigenvalue weighted by molar-refractivity contribution is 8.15. The second kappa shape index (κ2) is 6.85. The largest absolute Gasteiger partial charge is 0.378 e. The van der Waals surface area contributed by atoms with Crippen LogP contribution in [0.25, 0.3) is 6.08 Å².